The summed E-state index contributed by atoms with van der Waals surface area (Å²) in [6.07, 6.45) is 0. The average Bonchev–Trinajstić information content (AvgIpc) is 2.45. The molecule has 0 radical (unpaired) electrons. The molecule has 1 atom stereocenters. The first-order valence-electron chi connectivity index (χ1n) is 6.17. The Morgan fingerprint density at radius 1 is 1.21 bits per heavy atom. The van der Waals surface area contributed by atoms with E-state index < -0.39 is 0 Å². The zero-order chi connectivity index (χ0) is 13.7. The van der Waals surface area contributed by atoms with Crippen molar-refractivity contribution in [3.8, 4) is 6.07 Å². The van der Waals surface area contributed by atoms with Gasteiger partial charge < -0.3 is 5.32 Å². The fourth-order valence-electron chi connectivity index (χ4n) is 1.96. The van der Waals surface area contributed by atoms with Crippen LogP contribution in [0.1, 0.15) is 29.7 Å². The summed E-state index contributed by atoms with van der Waals surface area (Å²) >= 11 is 6.17. The van der Waals surface area contributed by atoms with Crippen molar-refractivity contribution in [2.24, 2.45) is 0 Å². The van der Waals surface area contributed by atoms with E-state index in [1.807, 2.05) is 42.5 Å². The highest BCUT2D eigenvalue weighted by atomic mass is 35.5. The predicted octanol–water partition coefficient (Wildman–Crippen LogP) is 4.06. The van der Waals surface area contributed by atoms with Gasteiger partial charge in [0.2, 0.25) is 0 Å². The molecule has 0 aromatic heterocycles. The van der Waals surface area contributed by atoms with Gasteiger partial charge in [0.25, 0.3) is 0 Å². The maximum atomic E-state index is 8.87. The Morgan fingerprint density at radius 3 is 2.74 bits per heavy atom. The molecule has 0 saturated heterocycles. The van der Waals surface area contributed by atoms with E-state index in [2.05, 4.69) is 18.3 Å². The van der Waals surface area contributed by atoms with Crippen LogP contribution in [-0.4, -0.2) is 0 Å². The van der Waals surface area contributed by atoms with Crippen LogP contribution in [0.3, 0.4) is 0 Å². The van der Waals surface area contributed by atoms with E-state index in [0.717, 1.165) is 16.1 Å². The predicted molar refractivity (Wildman–Crippen MR) is 77.9 cm³/mol. The summed E-state index contributed by atoms with van der Waals surface area (Å²) in [6.45, 7) is 2.79. The lowest BCUT2D eigenvalue weighted by Crippen LogP contribution is -2.18. The maximum Gasteiger partial charge on any atom is 0.0991 e. The summed E-state index contributed by atoms with van der Waals surface area (Å²) in [5.74, 6) is 0. The highest BCUT2D eigenvalue weighted by molar-refractivity contribution is 6.31. The quantitative estimate of drug-likeness (QED) is 0.909. The first-order chi connectivity index (χ1) is 9.20. The number of nitriles is 1. The third-order valence-corrected chi connectivity index (χ3v) is 3.38. The fourth-order valence-corrected chi connectivity index (χ4v) is 2.26. The molecule has 0 saturated carbocycles. The van der Waals surface area contributed by atoms with E-state index in [4.69, 9.17) is 16.9 Å². The van der Waals surface area contributed by atoms with Crippen LogP contribution >= 0.6 is 11.6 Å². The first kappa shape index (κ1) is 13.6. The number of rotatable bonds is 4. The lowest BCUT2D eigenvalue weighted by molar-refractivity contribution is 0.575. The van der Waals surface area contributed by atoms with Crippen molar-refractivity contribution in [3.05, 3.63) is 70.2 Å². The van der Waals surface area contributed by atoms with E-state index in [1.54, 1.807) is 6.07 Å². The van der Waals surface area contributed by atoms with Gasteiger partial charge >= 0.3 is 0 Å². The number of nitrogens with zero attached hydrogens (tertiary/aromatic N) is 1. The number of benzene rings is 2. The highest BCUT2D eigenvalue weighted by Gasteiger charge is 2.08. The van der Waals surface area contributed by atoms with Crippen molar-refractivity contribution < 1.29 is 0 Å². The summed E-state index contributed by atoms with van der Waals surface area (Å²) in [7, 11) is 0. The Hall–Kier alpha value is -1.82. The van der Waals surface area contributed by atoms with Gasteiger partial charge in [-0.3, -0.25) is 0 Å². The summed E-state index contributed by atoms with van der Waals surface area (Å²) in [4.78, 5) is 0. The van der Waals surface area contributed by atoms with E-state index in [1.165, 1.54) is 0 Å². The van der Waals surface area contributed by atoms with E-state index in [0.29, 0.717) is 12.1 Å². The van der Waals surface area contributed by atoms with Crippen molar-refractivity contribution >= 4 is 11.6 Å². The van der Waals surface area contributed by atoms with E-state index in [9.17, 15) is 0 Å². The van der Waals surface area contributed by atoms with E-state index >= 15 is 0 Å². The third-order valence-electron chi connectivity index (χ3n) is 3.04. The SMILES string of the molecule is CC(NCc1cccc(C#N)c1)c1ccccc1Cl. The Labute approximate surface area is 118 Å². The highest BCUT2D eigenvalue weighted by Crippen LogP contribution is 2.22. The zero-order valence-electron chi connectivity index (χ0n) is 10.7. The maximum absolute atomic E-state index is 8.87. The summed E-state index contributed by atoms with van der Waals surface area (Å²) in [5.41, 5.74) is 2.86. The molecule has 0 fully saturated rings. The smallest absolute Gasteiger partial charge is 0.0991 e. The molecule has 19 heavy (non-hydrogen) atoms. The molecule has 2 rings (SSSR count). The van der Waals surface area contributed by atoms with Crippen LogP contribution in [0.2, 0.25) is 5.02 Å². The Bertz CT molecular complexity index is 602. The van der Waals surface area contributed by atoms with Crippen molar-refractivity contribution in [2.45, 2.75) is 19.5 Å². The molecular formula is C16H15ClN2. The second-order valence-corrected chi connectivity index (χ2v) is 4.84. The Morgan fingerprint density at radius 2 is 2.00 bits per heavy atom. The van der Waals surface area contributed by atoms with Crippen LogP contribution in [0.4, 0.5) is 0 Å². The number of hydrogen-bond acceptors (Lipinski definition) is 2. The molecule has 2 aromatic carbocycles. The van der Waals surface area contributed by atoms with Gasteiger partial charge in [-0.1, -0.05) is 41.9 Å². The van der Waals surface area contributed by atoms with Crippen LogP contribution < -0.4 is 5.32 Å². The van der Waals surface area contributed by atoms with Gasteiger partial charge in [0.1, 0.15) is 0 Å². The van der Waals surface area contributed by atoms with Gasteiger partial charge in [-0.25, -0.2) is 0 Å². The first-order valence-corrected chi connectivity index (χ1v) is 6.55. The number of hydrogen-bond donors (Lipinski definition) is 1. The van der Waals surface area contributed by atoms with Gasteiger partial charge in [-0.15, -0.1) is 0 Å². The van der Waals surface area contributed by atoms with Crippen LogP contribution in [0, 0.1) is 11.3 Å². The Kier molecular flexibility index (Phi) is 4.57. The summed E-state index contributed by atoms with van der Waals surface area (Å²) in [6, 6.07) is 17.7. The van der Waals surface area contributed by atoms with Gasteiger partial charge in [-0.05, 0) is 36.2 Å². The molecule has 3 heteroatoms. The topological polar surface area (TPSA) is 35.8 Å². The molecule has 0 aliphatic carbocycles. The number of halogens is 1. The molecule has 1 unspecified atom stereocenters. The molecular weight excluding hydrogens is 256 g/mol. The molecule has 0 aliphatic rings. The average molecular weight is 271 g/mol. The van der Waals surface area contributed by atoms with Crippen molar-refractivity contribution in [1.29, 1.82) is 5.26 Å². The minimum Gasteiger partial charge on any atom is -0.306 e. The lowest BCUT2D eigenvalue weighted by Gasteiger charge is -2.15. The van der Waals surface area contributed by atoms with Crippen molar-refractivity contribution in [1.82, 2.24) is 5.32 Å². The van der Waals surface area contributed by atoms with Gasteiger partial charge in [0.15, 0.2) is 0 Å². The molecule has 1 N–H and O–H groups in total. The molecule has 96 valence electrons. The molecule has 2 nitrogen and oxygen atoms in total. The van der Waals surface area contributed by atoms with Crippen LogP contribution in [0.25, 0.3) is 0 Å². The minimum absolute atomic E-state index is 0.166. The third kappa shape index (κ3) is 3.57. The van der Waals surface area contributed by atoms with Crippen LogP contribution in [0.5, 0.6) is 0 Å². The van der Waals surface area contributed by atoms with Crippen molar-refractivity contribution in [3.63, 3.8) is 0 Å². The second-order valence-electron chi connectivity index (χ2n) is 4.44. The minimum atomic E-state index is 0.166. The molecule has 0 aliphatic heterocycles. The molecule has 0 spiro atoms. The molecule has 0 heterocycles. The van der Waals surface area contributed by atoms with E-state index in [-0.39, 0.29) is 6.04 Å². The normalized spacial score (nSPS) is 11.8. The standard InChI is InChI=1S/C16H15ClN2/c1-12(15-7-2-3-8-16(15)17)19-11-14-6-4-5-13(9-14)10-18/h2-9,12,19H,11H2,1H3. The second kappa shape index (κ2) is 6.38. The van der Waals surface area contributed by atoms with Gasteiger partial charge in [0, 0.05) is 17.6 Å². The van der Waals surface area contributed by atoms with Crippen molar-refractivity contribution in [2.75, 3.05) is 0 Å². The molecule has 2 aromatic rings. The number of nitrogens with one attached hydrogen (secondary N) is 1. The Balaban J connectivity index is 2.03. The molecule has 0 amide bonds. The summed E-state index contributed by atoms with van der Waals surface area (Å²) < 4.78 is 0. The molecule has 0 bridgehead atoms. The summed E-state index contributed by atoms with van der Waals surface area (Å²) in [5, 5.41) is 13.1. The fraction of sp³-hybridized carbons (Fsp3) is 0.188. The lowest BCUT2D eigenvalue weighted by atomic mass is 10.1. The zero-order valence-corrected chi connectivity index (χ0v) is 11.5. The van der Waals surface area contributed by atoms with Crippen LogP contribution in [-0.2, 0) is 6.54 Å². The van der Waals surface area contributed by atoms with Crippen LogP contribution in [0.15, 0.2) is 48.5 Å². The van der Waals surface area contributed by atoms with Gasteiger partial charge in [-0.2, -0.15) is 5.26 Å². The monoisotopic (exact) mass is 270 g/mol. The van der Waals surface area contributed by atoms with Gasteiger partial charge in [0.05, 0.1) is 11.6 Å². The largest absolute Gasteiger partial charge is 0.306 e.